The second-order valence-electron chi connectivity index (χ2n) is 3.62. The number of ether oxygens (including phenoxy) is 2. The zero-order chi connectivity index (χ0) is 13.9. The Kier molecular flexibility index (Phi) is 6.41. The van der Waals surface area contributed by atoms with Gasteiger partial charge >= 0.3 is 6.18 Å². The molecular weight excluding hydrogens is 287 g/mol. The van der Waals surface area contributed by atoms with Crippen molar-refractivity contribution in [3.63, 3.8) is 0 Å². The van der Waals surface area contributed by atoms with E-state index in [0.717, 1.165) is 0 Å². The smallest absolute Gasteiger partial charge is 0.416 e. The van der Waals surface area contributed by atoms with Gasteiger partial charge in [-0.05, 0) is 12.1 Å². The summed E-state index contributed by atoms with van der Waals surface area (Å²) in [5.74, 6) is 0.550. The van der Waals surface area contributed by atoms with Gasteiger partial charge in [0, 0.05) is 11.6 Å². The number of nitrogens with two attached hydrogens (primary N) is 1. The van der Waals surface area contributed by atoms with E-state index in [1.807, 2.05) is 0 Å². The molecule has 1 rings (SSSR count). The fourth-order valence-electron chi connectivity index (χ4n) is 1.47. The Hall–Kier alpha value is -1.18. The molecular formula is C11H15ClF3NO3. The highest BCUT2D eigenvalue weighted by molar-refractivity contribution is 5.85. The number of aliphatic hydroxyl groups excluding tert-OH is 1. The van der Waals surface area contributed by atoms with Gasteiger partial charge in [-0.1, -0.05) is 0 Å². The molecule has 0 heterocycles. The summed E-state index contributed by atoms with van der Waals surface area (Å²) < 4.78 is 47.0. The molecule has 0 radical (unpaired) electrons. The van der Waals surface area contributed by atoms with Crippen LogP contribution < -0.4 is 15.2 Å². The van der Waals surface area contributed by atoms with Crippen LogP contribution in [0.15, 0.2) is 18.2 Å². The van der Waals surface area contributed by atoms with Gasteiger partial charge in [0.1, 0.15) is 11.5 Å². The molecule has 1 aromatic carbocycles. The molecule has 19 heavy (non-hydrogen) atoms. The molecule has 0 bridgehead atoms. The molecule has 0 aliphatic heterocycles. The molecule has 4 nitrogen and oxygen atoms in total. The number of benzene rings is 1. The molecule has 1 aromatic rings. The molecule has 3 N–H and O–H groups in total. The minimum absolute atomic E-state index is 0. The first-order valence-corrected chi connectivity index (χ1v) is 5.03. The lowest BCUT2D eigenvalue weighted by atomic mass is 10.0. The molecule has 8 heteroatoms. The van der Waals surface area contributed by atoms with E-state index in [4.69, 9.17) is 20.3 Å². The van der Waals surface area contributed by atoms with Gasteiger partial charge in [0.25, 0.3) is 0 Å². The topological polar surface area (TPSA) is 64.7 Å². The predicted molar refractivity (Wildman–Crippen MR) is 65.8 cm³/mol. The van der Waals surface area contributed by atoms with Crippen molar-refractivity contribution in [2.24, 2.45) is 5.73 Å². The number of aliphatic hydroxyl groups is 1. The third-order valence-corrected chi connectivity index (χ3v) is 2.48. The number of rotatable bonds is 4. The van der Waals surface area contributed by atoms with Crippen LogP contribution in [0.5, 0.6) is 11.5 Å². The zero-order valence-electron chi connectivity index (χ0n) is 10.3. The maximum Gasteiger partial charge on any atom is 0.416 e. The van der Waals surface area contributed by atoms with Crippen molar-refractivity contribution in [3.05, 3.63) is 23.8 Å². The summed E-state index contributed by atoms with van der Waals surface area (Å²) in [6, 6.07) is 2.56. The Morgan fingerprint density at radius 2 is 1.79 bits per heavy atom. The second kappa shape index (κ2) is 6.83. The summed E-state index contributed by atoms with van der Waals surface area (Å²) in [6.45, 7) is 0. The van der Waals surface area contributed by atoms with Gasteiger partial charge in [0.15, 0.2) is 6.10 Å². The highest BCUT2D eigenvalue weighted by Gasteiger charge is 2.43. The van der Waals surface area contributed by atoms with Gasteiger partial charge < -0.3 is 20.3 Å². The molecule has 0 aromatic heterocycles. The molecule has 0 aliphatic carbocycles. The van der Waals surface area contributed by atoms with Crippen molar-refractivity contribution in [1.29, 1.82) is 0 Å². The second-order valence-corrected chi connectivity index (χ2v) is 3.62. The summed E-state index contributed by atoms with van der Waals surface area (Å²) in [7, 11) is 2.71. The van der Waals surface area contributed by atoms with Crippen molar-refractivity contribution in [2.75, 3.05) is 14.2 Å². The van der Waals surface area contributed by atoms with E-state index in [-0.39, 0.29) is 23.7 Å². The Morgan fingerprint density at radius 3 is 2.21 bits per heavy atom. The predicted octanol–water partition coefficient (Wildman–Crippen LogP) is 2.05. The molecule has 0 unspecified atom stereocenters. The quantitative estimate of drug-likeness (QED) is 0.893. The average molecular weight is 302 g/mol. The summed E-state index contributed by atoms with van der Waals surface area (Å²) in [4.78, 5) is 0. The van der Waals surface area contributed by atoms with Gasteiger partial charge in [0.05, 0.1) is 20.3 Å². The van der Waals surface area contributed by atoms with E-state index in [1.165, 1.54) is 32.4 Å². The third kappa shape index (κ3) is 4.15. The SMILES string of the molecule is COc1ccc([C@@H](N)[C@@H](O)C(F)(F)F)c(OC)c1.Cl. The van der Waals surface area contributed by atoms with Gasteiger partial charge in [-0.3, -0.25) is 0 Å². The van der Waals surface area contributed by atoms with E-state index in [0.29, 0.717) is 5.75 Å². The lowest BCUT2D eigenvalue weighted by Crippen LogP contribution is -2.39. The van der Waals surface area contributed by atoms with Crippen molar-refractivity contribution in [1.82, 2.24) is 0 Å². The summed E-state index contributed by atoms with van der Waals surface area (Å²) in [5.41, 5.74) is 5.46. The molecule has 0 amide bonds. The first-order chi connectivity index (χ1) is 8.31. The maximum absolute atomic E-state index is 12.4. The average Bonchev–Trinajstić information content (AvgIpc) is 2.35. The lowest BCUT2D eigenvalue weighted by molar-refractivity contribution is -0.210. The first kappa shape index (κ1) is 17.8. The fourth-order valence-corrected chi connectivity index (χ4v) is 1.47. The maximum atomic E-state index is 12.4. The van der Waals surface area contributed by atoms with Crippen molar-refractivity contribution in [3.8, 4) is 11.5 Å². The number of methoxy groups -OCH3 is 2. The van der Waals surface area contributed by atoms with Crippen LogP contribution in [0.4, 0.5) is 13.2 Å². The van der Waals surface area contributed by atoms with E-state index >= 15 is 0 Å². The molecule has 2 atom stereocenters. The number of hydrogen-bond donors (Lipinski definition) is 2. The van der Waals surface area contributed by atoms with Crippen LogP contribution >= 0.6 is 12.4 Å². The minimum Gasteiger partial charge on any atom is -0.497 e. The molecule has 110 valence electrons. The van der Waals surface area contributed by atoms with Gasteiger partial charge in [-0.2, -0.15) is 13.2 Å². The highest BCUT2D eigenvalue weighted by atomic mass is 35.5. The largest absolute Gasteiger partial charge is 0.497 e. The Balaban J connectivity index is 0.00000324. The van der Waals surface area contributed by atoms with Crippen LogP contribution in [-0.2, 0) is 0 Å². The number of halogens is 4. The van der Waals surface area contributed by atoms with Crippen LogP contribution in [0.1, 0.15) is 11.6 Å². The highest BCUT2D eigenvalue weighted by Crippen LogP contribution is 2.34. The standard InChI is InChI=1S/C11H14F3NO3.ClH/c1-17-6-3-4-7(8(5-6)18-2)9(15)10(16)11(12,13)14;/h3-5,9-10,16H,15H2,1-2H3;1H/t9-,10-;/m1./s1. The van der Waals surface area contributed by atoms with E-state index in [9.17, 15) is 13.2 Å². The van der Waals surface area contributed by atoms with Crippen LogP contribution in [0, 0.1) is 0 Å². The van der Waals surface area contributed by atoms with Crippen molar-refractivity contribution >= 4 is 12.4 Å². The van der Waals surface area contributed by atoms with Crippen LogP contribution in [0.3, 0.4) is 0 Å². The lowest BCUT2D eigenvalue weighted by Gasteiger charge is -2.23. The van der Waals surface area contributed by atoms with Gasteiger partial charge in [0.2, 0.25) is 0 Å². The molecule has 0 saturated carbocycles. The zero-order valence-corrected chi connectivity index (χ0v) is 11.1. The Morgan fingerprint density at radius 1 is 1.21 bits per heavy atom. The number of hydrogen-bond acceptors (Lipinski definition) is 4. The molecule has 0 saturated heterocycles. The molecule has 0 aliphatic rings. The van der Waals surface area contributed by atoms with Crippen molar-refractivity contribution in [2.45, 2.75) is 18.3 Å². The van der Waals surface area contributed by atoms with Gasteiger partial charge in [-0.15, -0.1) is 12.4 Å². The Bertz CT molecular complexity index is 415. The summed E-state index contributed by atoms with van der Waals surface area (Å²) in [5, 5.41) is 9.12. The first-order valence-electron chi connectivity index (χ1n) is 5.03. The summed E-state index contributed by atoms with van der Waals surface area (Å²) in [6.07, 6.45) is -7.44. The molecule has 0 spiro atoms. The fraction of sp³-hybridized carbons (Fsp3) is 0.455. The normalized spacial score (nSPS) is 14.3. The van der Waals surface area contributed by atoms with Crippen LogP contribution in [-0.4, -0.2) is 31.6 Å². The van der Waals surface area contributed by atoms with E-state index in [1.54, 1.807) is 0 Å². The number of alkyl halides is 3. The van der Waals surface area contributed by atoms with Crippen molar-refractivity contribution < 1.29 is 27.8 Å². The van der Waals surface area contributed by atoms with Crippen LogP contribution in [0.2, 0.25) is 0 Å². The third-order valence-electron chi connectivity index (χ3n) is 2.48. The molecule has 0 fully saturated rings. The summed E-state index contributed by atoms with van der Waals surface area (Å²) >= 11 is 0. The van der Waals surface area contributed by atoms with E-state index < -0.39 is 18.3 Å². The Labute approximate surface area is 114 Å². The monoisotopic (exact) mass is 301 g/mol. The van der Waals surface area contributed by atoms with Crippen LogP contribution in [0.25, 0.3) is 0 Å². The van der Waals surface area contributed by atoms with Gasteiger partial charge in [-0.25, -0.2) is 0 Å². The van der Waals surface area contributed by atoms with E-state index in [2.05, 4.69) is 0 Å². The minimum atomic E-state index is -4.79.